The van der Waals surface area contributed by atoms with Crippen molar-refractivity contribution < 1.29 is 22.7 Å². The van der Waals surface area contributed by atoms with Crippen molar-refractivity contribution in [2.75, 3.05) is 17.7 Å². The molecular weight excluding hydrogens is 425 g/mol. The fourth-order valence-corrected chi connectivity index (χ4v) is 3.11. The van der Waals surface area contributed by atoms with E-state index in [4.69, 9.17) is 16.3 Å². The summed E-state index contributed by atoms with van der Waals surface area (Å²) in [6.45, 7) is 3.84. The number of nitrogens with zero attached hydrogens (tertiary/aromatic N) is 4. The number of hydrogen-bond acceptors (Lipinski definition) is 5. The van der Waals surface area contributed by atoms with Crippen LogP contribution >= 0.6 is 11.6 Å². The highest BCUT2D eigenvalue weighted by atomic mass is 35.5. The topological polar surface area (TPSA) is 93.4 Å². The molecule has 8 nitrogen and oxygen atoms in total. The third-order valence-corrected chi connectivity index (χ3v) is 4.36. The minimum Gasteiger partial charge on any atom is -0.375 e. The van der Waals surface area contributed by atoms with Gasteiger partial charge in [0.1, 0.15) is 11.8 Å². The molecule has 0 fully saturated rings. The monoisotopic (exact) mass is 442 g/mol. The summed E-state index contributed by atoms with van der Waals surface area (Å²) in [5.74, 6) is 0.00160. The van der Waals surface area contributed by atoms with E-state index in [9.17, 15) is 18.0 Å². The first-order valence-electron chi connectivity index (χ1n) is 8.78. The lowest BCUT2D eigenvalue weighted by molar-refractivity contribution is -0.141. The van der Waals surface area contributed by atoms with E-state index in [1.807, 2.05) is 13.8 Å². The van der Waals surface area contributed by atoms with Crippen molar-refractivity contribution in [3.05, 3.63) is 47.1 Å². The molecule has 0 aliphatic rings. The first-order valence-corrected chi connectivity index (χ1v) is 9.16. The number of nitrogens with one attached hydrogen (secondary N) is 2. The van der Waals surface area contributed by atoms with Gasteiger partial charge in [-0.05, 0) is 18.1 Å². The fourth-order valence-electron chi connectivity index (χ4n) is 2.94. The minimum atomic E-state index is -4.63. The highest BCUT2D eigenvalue weighted by molar-refractivity contribution is 6.29. The van der Waals surface area contributed by atoms with Gasteiger partial charge in [-0.1, -0.05) is 25.4 Å². The summed E-state index contributed by atoms with van der Waals surface area (Å²) >= 11 is 5.99. The van der Waals surface area contributed by atoms with Crippen molar-refractivity contribution in [1.82, 2.24) is 19.6 Å². The third-order valence-electron chi connectivity index (χ3n) is 4.18. The molecule has 0 saturated heterocycles. The van der Waals surface area contributed by atoms with Crippen LogP contribution in [0.2, 0.25) is 5.15 Å². The summed E-state index contributed by atoms with van der Waals surface area (Å²) in [5.41, 5.74) is 0.0255. The Kier molecular flexibility index (Phi) is 6.13. The maximum Gasteiger partial charge on any atom is 0.433 e. The minimum absolute atomic E-state index is 0.00160. The highest BCUT2D eigenvalue weighted by Gasteiger charge is 2.32. The van der Waals surface area contributed by atoms with Crippen molar-refractivity contribution in [3.8, 4) is 0 Å². The summed E-state index contributed by atoms with van der Waals surface area (Å²) in [6.07, 6.45) is -2.73. The molecule has 2 amide bonds. The van der Waals surface area contributed by atoms with E-state index in [0.717, 1.165) is 12.3 Å². The van der Waals surface area contributed by atoms with Gasteiger partial charge in [-0.15, -0.1) is 0 Å². The van der Waals surface area contributed by atoms with Crippen molar-refractivity contribution in [2.45, 2.75) is 26.1 Å². The van der Waals surface area contributed by atoms with E-state index in [-0.39, 0.29) is 22.4 Å². The molecular formula is C18H18ClF3N6O2. The molecule has 0 aliphatic carbocycles. The number of ether oxygens (including phenoxy) is 1. The number of fused-ring (bicyclic) bond motifs is 1. The Hall–Kier alpha value is -2.92. The molecule has 2 N–H and O–H groups in total. The lowest BCUT2D eigenvalue weighted by Gasteiger charge is -2.23. The number of rotatable bonds is 5. The Balaban J connectivity index is 1.92. The van der Waals surface area contributed by atoms with Gasteiger partial charge < -0.3 is 15.4 Å². The molecule has 0 unspecified atom stereocenters. The number of amides is 2. The maximum absolute atomic E-state index is 12.8. The number of alkyl halides is 3. The Morgan fingerprint density at radius 3 is 2.60 bits per heavy atom. The molecule has 3 aromatic rings. The molecule has 30 heavy (non-hydrogen) atoms. The first kappa shape index (κ1) is 21.8. The Labute approximate surface area is 174 Å². The normalized spacial score (nSPS) is 12.9. The zero-order valence-corrected chi connectivity index (χ0v) is 16.9. The second kappa shape index (κ2) is 8.44. The molecule has 0 radical (unpaired) electrons. The Morgan fingerprint density at radius 2 is 1.97 bits per heavy atom. The van der Waals surface area contributed by atoms with E-state index in [2.05, 4.69) is 25.7 Å². The van der Waals surface area contributed by atoms with Crippen LogP contribution < -0.4 is 10.6 Å². The molecule has 160 valence electrons. The number of urea groups is 1. The van der Waals surface area contributed by atoms with Crippen LogP contribution in [0.3, 0.4) is 0 Å². The largest absolute Gasteiger partial charge is 0.433 e. The predicted molar refractivity (Wildman–Crippen MR) is 104 cm³/mol. The van der Waals surface area contributed by atoms with E-state index < -0.39 is 24.0 Å². The second-order valence-corrected chi connectivity index (χ2v) is 7.09. The standard InChI is InChI=1S/C18H18ClF3N6O2/c1-9(2)16(30-3)15-11(8-24-14-7-13(19)27-28(14)15)26-17(29)25-10-4-5-23-12(6-10)18(20,21)22/h4-9,16H,1-3H3,(H2,23,25,26,29)/t16-/m1/s1. The van der Waals surface area contributed by atoms with Crippen LogP contribution in [0, 0.1) is 5.92 Å². The van der Waals surface area contributed by atoms with E-state index >= 15 is 0 Å². The van der Waals surface area contributed by atoms with Gasteiger partial charge in [-0.2, -0.15) is 18.3 Å². The van der Waals surface area contributed by atoms with Crippen molar-refractivity contribution in [1.29, 1.82) is 0 Å². The molecule has 0 bridgehead atoms. The Morgan fingerprint density at radius 1 is 1.23 bits per heavy atom. The van der Waals surface area contributed by atoms with Gasteiger partial charge in [0, 0.05) is 25.1 Å². The lowest BCUT2D eigenvalue weighted by Crippen LogP contribution is -2.24. The molecule has 0 saturated carbocycles. The number of halogens is 4. The molecule has 0 aromatic carbocycles. The molecule has 3 rings (SSSR count). The van der Waals surface area contributed by atoms with Gasteiger partial charge >= 0.3 is 12.2 Å². The molecule has 3 aromatic heterocycles. The van der Waals surface area contributed by atoms with Crippen LogP contribution in [0.4, 0.5) is 29.3 Å². The number of carbonyl (C=O) groups is 1. The van der Waals surface area contributed by atoms with E-state index in [1.54, 1.807) is 6.07 Å². The number of methoxy groups -OCH3 is 1. The van der Waals surface area contributed by atoms with Crippen LogP contribution in [0.15, 0.2) is 30.6 Å². The number of anilines is 2. The summed E-state index contributed by atoms with van der Waals surface area (Å²) in [5, 5.41) is 9.34. The van der Waals surface area contributed by atoms with Crippen LogP contribution in [0.25, 0.3) is 5.65 Å². The lowest BCUT2D eigenvalue weighted by atomic mass is 10.0. The molecule has 3 heterocycles. The first-order chi connectivity index (χ1) is 14.1. The van der Waals surface area contributed by atoms with Gasteiger partial charge in [-0.25, -0.2) is 14.3 Å². The zero-order chi connectivity index (χ0) is 22.1. The third kappa shape index (κ3) is 4.62. The van der Waals surface area contributed by atoms with Crippen LogP contribution in [0.5, 0.6) is 0 Å². The van der Waals surface area contributed by atoms with Gasteiger partial charge in [0.05, 0.1) is 17.6 Å². The average molecular weight is 443 g/mol. The number of pyridine rings is 1. The number of aromatic nitrogens is 4. The average Bonchev–Trinajstić information content (AvgIpc) is 3.03. The molecule has 1 atom stereocenters. The van der Waals surface area contributed by atoms with E-state index in [1.165, 1.54) is 23.9 Å². The van der Waals surface area contributed by atoms with Crippen LogP contribution in [0.1, 0.15) is 31.3 Å². The maximum atomic E-state index is 12.8. The van der Waals surface area contributed by atoms with Crippen molar-refractivity contribution >= 4 is 34.7 Å². The summed E-state index contributed by atoms with van der Waals surface area (Å²) in [4.78, 5) is 19.9. The van der Waals surface area contributed by atoms with Crippen molar-refractivity contribution in [3.63, 3.8) is 0 Å². The van der Waals surface area contributed by atoms with Gasteiger partial charge in [-0.3, -0.25) is 4.98 Å². The zero-order valence-electron chi connectivity index (χ0n) is 16.2. The number of carbonyl (C=O) groups excluding carboxylic acids is 1. The van der Waals surface area contributed by atoms with Crippen LogP contribution in [-0.2, 0) is 10.9 Å². The van der Waals surface area contributed by atoms with Gasteiger partial charge in [0.25, 0.3) is 0 Å². The predicted octanol–water partition coefficient (Wildman–Crippen LogP) is 4.78. The van der Waals surface area contributed by atoms with Gasteiger partial charge in [0.2, 0.25) is 0 Å². The number of hydrogen-bond donors (Lipinski definition) is 2. The summed E-state index contributed by atoms with van der Waals surface area (Å²) in [6, 6.07) is 2.77. The molecule has 0 spiro atoms. The SMILES string of the molecule is CO[C@@H](c1c(NC(=O)Nc2ccnc(C(F)(F)F)c2)cnc2cc(Cl)nn12)C(C)C. The quantitative estimate of drug-likeness (QED) is 0.593. The smallest absolute Gasteiger partial charge is 0.375 e. The molecule has 0 aliphatic heterocycles. The van der Waals surface area contributed by atoms with E-state index in [0.29, 0.717) is 11.3 Å². The van der Waals surface area contributed by atoms with Gasteiger partial charge in [0.15, 0.2) is 10.8 Å². The fraction of sp³-hybridized carbons (Fsp3) is 0.333. The summed E-state index contributed by atoms with van der Waals surface area (Å²) < 4.78 is 45.5. The highest BCUT2D eigenvalue weighted by Crippen LogP contribution is 2.32. The second-order valence-electron chi connectivity index (χ2n) is 6.70. The molecule has 12 heteroatoms. The Bertz CT molecular complexity index is 1070. The van der Waals surface area contributed by atoms with Crippen LogP contribution in [-0.4, -0.2) is 32.7 Å². The van der Waals surface area contributed by atoms with Crippen molar-refractivity contribution in [2.24, 2.45) is 5.92 Å². The summed E-state index contributed by atoms with van der Waals surface area (Å²) in [7, 11) is 1.52.